The molecular weight excluding hydrogens is 398 g/mol. The van der Waals surface area contributed by atoms with Gasteiger partial charge in [-0.3, -0.25) is 14.2 Å². The van der Waals surface area contributed by atoms with Crippen LogP contribution in [-0.4, -0.2) is 39.0 Å². The molecule has 3 aromatic rings. The molecule has 0 saturated carbocycles. The topological polar surface area (TPSA) is 64.4 Å². The van der Waals surface area contributed by atoms with Gasteiger partial charge in [0.25, 0.3) is 5.56 Å². The number of thiophene rings is 1. The van der Waals surface area contributed by atoms with E-state index in [1.165, 1.54) is 11.3 Å². The van der Waals surface area contributed by atoms with Crippen molar-refractivity contribution >= 4 is 27.5 Å². The second kappa shape index (κ2) is 8.32. The van der Waals surface area contributed by atoms with Crippen molar-refractivity contribution in [2.45, 2.75) is 58.8 Å². The van der Waals surface area contributed by atoms with Gasteiger partial charge in [0, 0.05) is 17.8 Å². The molecule has 3 atom stereocenters. The molecule has 1 fully saturated rings. The van der Waals surface area contributed by atoms with E-state index in [4.69, 9.17) is 4.74 Å². The van der Waals surface area contributed by atoms with Gasteiger partial charge in [0.05, 0.1) is 30.4 Å². The molecule has 30 heavy (non-hydrogen) atoms. The fourth-order valence-electron chi connectivity index (χ4n) is 4.27. The second-order valence-electron chi connectivity index (χ2n) is 8.01. The molecule has 1 saturated heterocycles. The molecule has 0 N–H and O–H groups in total. The van der Waals surface area contributed by atoms with E-state index in [1.54, 1.807) is 10.9 Å². The number of carbonyl (C=O) groups excluding carboxylic acids is 1. The number of nitrogens with zero attached hydrogens (tertiary/aromatic N) is 3. The van der Waals surface area contributed by atoms with Gasteiger partial charge in [-0.2, -0.15) is 0 Å². The average Bonchev–Trinajstić information content (AvgIpc) is 3.02. The summed E-state index contributed by atoms with van der Waals surface area (Å²) in [5.41, 5.74) is 1.98. The molecule has 158 valence electrons. The molecular formula is C23H27N3O3S. The molecule has 0 spiro atoms. The fraction of sp³-hybridized carbons (Fsp3) is 0.435. The largest absolute Gasteiger partial charge is 0.369 e. The maximum atomic E-state index is 13.2. The molecule has 4 rings (SSSR count). The minimum Gasteiger partial charge on any atom is -0.369 e. The van der Waals surface area contributed by atoms with E-state index in [2.05, 4.69) is 4.98 Å². The van der Waals surface area contributed by atoms with Crippen molar-refractivity contribution in [3.05, 3.63) is 63.0 Å². The molecule has 2 aromatic heterocycles. The van der Waals surface area contributed by atoms with E-state index >= 15 is 0 Å². The van der Waals surface area contributed by atoms with Gasteiger partial charge in [-0.1, -0.05) is 30.3 Å². The Bertz CT molecular complexity index is 1120. The lowest BCUT2D eigenvalue weighted by atomic mass is 9.98. The van der Waals surface area contributed by atoms with Crippen LogP contribution in [0, 0.1) is 13.8 Å². The molecule has 1 amide bonds. The highest BCUT2D eigenvalue weighted by Gasteiger charge is 2.36. The van der Waals surface area contributed by atoms with Gasteiger partial charge in [-0.15, -0.1) is 11.3 Å². The summed E-state index contributed by atoms with van der Waals surface area (Å²) in [4.78, 5) is 34.3. The maximum absolute atomic E-state index is 13.2. The van der Waals surface area contributed by atoms with Gasteiger partial charge in [0.15, 0.2) is 0 Å². The molecule has 1 aliphatic heterocycles. The number of benzene rings is 1. The summed E-state index contributed by atoms with van der Waals surface area (Å²) in [6, 6.07) is 9.92. The van der Waals surface area contributed by atoms with Crippen molar-refractivity contribution in [1.82, 2.24) is 14.5 Å². The lowest BCUT2D eigenvalue weighted by Crippen LogP contribution is -2.53. The van der Waals surface area contributed by atoms with Crippen molar-refractivity contribution < 1.29 is 9.53 Å². The third-order valence-electron chi connectivity index (χ3n) is 6.01. The minimum absolute atomic E-state index is 0.00782. The van der Waals surface area contributed by atoms with Crippen LogP contribution in [0.1, 0.15) is 42.4 Å². The Morgan fingerprint density at radius 1 is 1.23 bits per heavy atom. The predicted octanol–water partition coefficient (Wildman–Crippen LogP) is 3.84. The first-order valence-electron chi connectivity index (χ1n) is 10.3. The zero-order valence-electron chi connectivity index (χ0n) is 17.8. The number of hydrogen-bond donors (Lipinski definition) is 0. The first-order valence-corrected chi connectivity index (χ1v) is 11.1. The van der Waals surface area contributed by atoms with E-state index in [-0.39, 0.29) is 36.1 Å². The second-order valence-corrected chi connectivity index (χ2v) is 9.21. The number of carbonyl (C=O) groups is 1. The Morgan fingerprint density at radius 3 is 2.70 bits per heavy atom. The summed E-state index contributed by atoms with van der Waals surface area (Å²) in [7, 11) is 0. The predicted molar refractivity (Wildman–Crippen MR) is 119 cm³/mol. The molecule has 1 aromatic carbocycles. The van der Waals surface area contributed by atoms with Crippen molar-refractivity contribution in [2.75, 3.05) is 6.61 Å². The first kappa shape index (κ1) is 20.8. The Hall–Kier alpha value is -2.51. The van der Waals surface area contributed by atoms with E-state index in [9.17, 15) is 9.59 Å². The van der Waals surface area contributed by atoms with E-state index in [0.717, 1.165) is 20.8 Å². The van der Waals surface area contributed by atoms with Gasteiger partial charge in [0.1, 0.15) is 10.9 Å². The van der Waals surface area contributed by atoms with Gasteiger partial charge in [-0.25, -0.2) is 4.98 Å². The first-order chi connectivity index (χ1) is 14.4. The van der Waals surface area contributed by atoms with E-state index < -0.39 is 0 Å². The summed E-state index contributed by atoms with van der Waals surface area (Å²) in [5, 5.41) is 0.671. The highest BCUT2D eigenvalue weighted by atomic mass is 32.1. The van der Waals surface area contributed by atoms with Crippen molar-refractivity contribution in [3.8, 4) is 0 Å². The van der Waals surface area contributed by atoms with Gasteiger partial charge < -0.3 is 9.64 Å². The number of rotatable bonds is 4. The van der Waals surface area contributed by atoms with Crippen LogP contribution in [0.25, 0.3) is 10.2 Å². The van der Waals surface area contributed by atoms with Crippen LogP contribution >= 0.6 is 11.3 Å². The molecule has 0 radical (unpaired) electrons. The SMILES string of the molecule is Cc1sc2ncn(CCC(=O)N3C(C)COC(c4ccccc4)C3C)c(=O)c2c1C. The Labute approximate surface area is 180 Å². The quantitative estimate of drug-likeness (QED) is 0.637. The number of aromatic nitrogens is 2. The van der Waals surface area contributed by atoms with Crippen molar-refractivity contribution in [2.24, 2.45) is 0 Å². The molecule has 0 aliphatic carbocycles. The molecule has 6 nitrogen and oxygen atoms in total. The highest BCUT2D eigenvalue weighted by molar-refractivity contribution is 7.18. The molecule has 3 heterocycles. The number of hydrogen-bond acceptors (Lipinski definition) is 5. The molecule has 0 bridgehead atoms. The van der Waals surface area contributed by atoms with Crippen LogP contribution in [-0.2, 0) is 16.1 Å². The van der Waals surface area contributed by atoms with Gasteiger partial charge in [-0.05, 0) is 38.8 Å². The summed E-state index contributed by atoms with van der Waals surface area (Å²) < 4.78 is 7.62. The molecule has 3 unspecified atom stereocenters. The minimum atomic E-state index is -0.150. The van der Waals surface area contributed by atoms with Crippen LogP contribution in [0.5, 0.6) is 0 Å². The van der Waals surface area contributed by atoms with Crippen LogP contribution in [0.3, 0.4) is 0 Å². The lowest BCUT2D eigenvalue weighted by Gasteiger charge is -2.44. The fourth-order valence-corrected chi connectivity index (χ4v) is 5.26. The average molecular weight is 426 g/mol. The normalized spacial score (nSPS) is 21.9. The van der Waals surface area contributed by atoms with Crippen molar-refractivity contribution in [1.29, 1.82) is 0 Å². The molecule has 1 aliphatic rings. The maximum Gasteiger partial charge on any atom is 0.262 e. The van der Waals surface area contributed by atoms with Crippen LogP contribution in [0.2, 0.25) is 0 Å². The smallest absolute Gasteiger partial charge is 0.262 e. The molecule has 7 heteroatoms. The summed E-state index contributed by atoms with van der Waals surface area (Å²) in [6.45, 7) is 8.81. The van der Waals surface area contributed by atoms with E-state index in [1.807, 2.05) is 62.9 Å². The van der Waals surface area contributed by atoms with Gasteiger partial charge >= 0.3 is 0 Å². The van der Waals surface area contributed by atoms with Crippen LogP contribution in [0.15, 0.2) is 41.5 Å². The zero-order valence-corrected chi connectivity index (χ0v) is 18.6. The Balaban J connectivity index is 1.52. The lowest BCUT2D eigenvalue weighted by molar-refractivity contribution is -0.153. The highest BCUT2D eigenvalue weighted by Crippen LogP contribution is 2.31. The number of aryl methyl sites for hydroxylation is 3. The third kappa shape index (κ3) is 3.68. The summed E-state index contributed by atoms with van der Waals surface area (Å²) in [6.07, 6.45) is 1.67. The third-order valence-corrected chi connectivity index (χ3v) is 7.12. The van der Waals surface area contributed by atoms with Crippen molar-refractivity contribution in [3.63, 3.8) is 0 Å². The standard InChI is InChI=1S/C23H27N3O3S/c1-14-12-29-21(18-8-6-5-7-9-18)16(3)26(14)19(27)10-11-25-13-24-22-20(23(25)28)15(2)17(4)30-22/h5-9,13-14,16,21H,10-12H2,1-4H3. The van der Waals surface area contributed by atoms with Crippen LogP contribution in [0.4, 0.5) is 0 Å². The number of fused-ring (bicyclic) bond motifs is 1. The van der Waals surface area contributed by atoms with E-state index in [0.29, 0.717) is 18.5 Å². The number of amides is 1. The monoisotopic (exact) mass is 425 g/mol. The Kier molecular flexibility index (Phi) is 5.75. The zero-order chi connectivity index (χ0) is 21.4. The number of ether oxygens (including phenoxy) is 1. The Morgan fingerprint density at radius 2 is 1.97 bits per heavy atom. The van der Waals surface area contributed by atoms with Gasteiger partial charge in [0.2, 0.25) is 5.91 Å². The van der Waals surface area contributed by atoms with Crippen LogP contribution < -0.4 is 5.56 Å². The summed E-state index contributed by atoms with van der Waals surface area (Å²) >= 11 is 1.53. The summed E-state index contributed by atoms with van der Waals surface area (Å²) in [5.74, 6) is 0.0319. The number of morpholine rings is 1.